The van der Waals surface area contributed by atoms with Gasteiger partial charge >= 0.3 is 0 Å². The molecule has 0 fully saturated rings. The van der Waals surface area contributed by atoms with Crippen molar-refractivity contribution in [1.29, 1.82) is 0 Å². The van der Waals surface area contributed by atoms with Crippen LogP contribution in [0.2, 0.25) is 0 Å². The van der Waals surface area contributed by atoms with E-state index >= 15 is 0 Å². The summed E-state index contributed by atoms with van der Waals surface area (Å²) < 4.78 is 0. The van der Waals surface area contributed by atoms with Crippen LogP contribution in [0.3, 0.4) is 0 Å². The largest absolute Gasteiger partial charge is 0.369 e. The number of benzene rings is 1. The summed E-state index contributed by atoms with van der Waals surface area (Å²) in [7, 11) is 2.02. The Labute approximate surface area is 105 Å². The average molecular weight is 246 g/mol. The van der Waals surface area contributed by atoms with E-state index in [1.165, 1.54) is 0 Å². The third kappa shape index (κ3) is 2.71. The molecule has 0 saturated carbocycles. The molecule has 17 heavy (non-hydrogen) atoms. The molecule has 1 aromatic carbocycles. The van der Waals surface area contributed by atoms with E-state index < -0.39 is 0 Å². The topological polar surface area (TPSA) is 33.2 Å². The molecule has 88 valence electrons. The first-order chi connectivity index (χ1) is 8.20. The van der Waals surface area contributed by atoms with E-state index in [0.29, 0.717) is 0 Å². The van der Waals surface area contributed by atoms with Crippen LogP contribution in [0.5, 0.6) is 0 Å². The Morgan fingerprint density at radius 3 is 2.88 bits per heavy atom. The number of hydrogen-bond acceptors (Lipinski definition) is 4. The molecule has 0 bridgehead atoms. The minimum atomic E-state index is 0.746. The van der Waals surface area contributed by atoms with Crippen molar-refractivity contribution in [3.63, 3.8) is 0 Å². The van der Waals surface area contributed by atoms with Crippen molar-refractivity contribution in [3.05, 3.63) is 45.9 Å². The average Bonchev–Trinajstić information content (AvgIpc) is 2.81. The third-order valence-corrected chi connectivity index (χ3v) is 3.34. The van der Waals surface area contributed by atoms with Gasteiger partial charge in [0.25, 0.3) is 0 Å². The van der Waals surface area contributed by atoms with Crippen molar-refractivity contribution in [2.24, 2.45) is 0 Å². The van der Waals surface area contributed by atoms with Crippen LogP contribution in [0.1, 0.15) is 21.6 Å². The van der Waals surface area contributed by atoms with E-state index in [4.69, 9.17) is 0 Å². The molecule has 3 nitrogen and oxygen atoms in total. The second kappa shape index (κ2) is 5.10. The highest BCUT2D eigenvalue weighted by atomic mass is 32.1. The van der Waals surface area contributed by atoms with Gasteiger partial charge in [0.05, 0.1) is 17.7 Å². The Morgan fingerprint density at radius 2 is 2.29 bits per heavy atom. The van der Waals surface area contributed by atoms with Crippen molar-refractivity contribution in [1.82, 2.24) is 4.98 Å². The number of aldehydes is 1. The molecule has 0 saturated heterocycles. The maximum Gasteiger partial charge on any atom is 0.150 e. The number of hydrogen-bond donors (Lipinski definition) is 0. The molecule has 2 aromatic rings. The normalized spacial score (nSPS) is 10.2. The lowest BCUT2D eigenvalue weighted by atomic mass is 10.1. The van der Waals surface area contributed by atoms with E-state index in [2.05, 4.69) is 9.88 Å². The molecule has 0 amide bonds. The van der Waals surface area contributed by atoms with Crippen molar-refractivity contribution >= 4 is 23.3 Å². The summed E-state index contributed by atoms with van der Waals surface area (Å²) in [6, 6.07) is 5.84. The lowest BCUT2D eigenvalue weighted by Gasteiger charge is -2.19. The molecule has 0 N–H and O–H groups in total. The predicted octanol–water partition coefficient (Wildman–Crippen LogP) is 2.90. The van der Waals surface area contributed by atoms with Crippen molar-refractivity contribution < 1.29 is 4.79 Å². The SMILES string of the molecule is Cc1cc(N(C)Cc2cscn2)ccc1C=O. The monoisotopic (exact) mass is 246 g/mol. The Hall–Kier alpha value is -1.68. The van der Waals surface area contributed by atoms with Crippen LogP contribution >= 0.6 is 11.3 Å². The maximum absolute atomic E-state index is 10.7. The quantitative estimate of drug-likeness (QED) is 0.778. The highest BCUT2D eigenvalue weighted by molar-refractivity contribution is 7.07. The van der Waals surface area contributed by atoms with Crippen LogP contribution < -0.4 is 4.90 Å². The van der Waals surface area contributed by atoms with Crippen LogP contribution in [0.4, 0.5) is 5.69 Å². The number of thiazole rings is 1. The molecule has 0 spiro atoms. The Bertz CT molecular complexity index is 508. The zero-order valence-electron chi connectivity index (χ0n) is 9.88. The number of aryl methyl sites for hydroxylation is 1. The lowest BCUT2D eigenvalue weighted by Crippen LogP contribution is -2.16. The van der Waals surface area contributed by atoms with E-state index in [9.17, 15) is 4.79 Å². The van der Waals surface area contributed by atoms with Gasteiger partial charge in [-0.05, 0) is 30.7 Å². The Morgan fingerprint density at radius 1 is 1.47 bits per heavy atom. The van der Waals surface area contributed by atoms with E-state index in [0.717, 1.165) is 35.3 Å². The summed E-state index contributed by atoms with van der Waals surface area (Å²) >= 11 is 1.60. The highest BCUT2D eigenvalue weighted by Crippen LogP contribution is 2.19. The Balaban J connectivity index is 2.16. The van der Waals surface area contributed by atoms with Gasteiger partial charge in [-0.3, -0.25) is 4.79 Å². The molecule has 0 aliphatic heterocycles. The van der Waals surface area contributed by atoms with Crippen LogP contribution in [0.25, 0.3) is 0 Å². The van der Waals surface area contributed by atoms with Crippen LogP contribution in [0.15, 0.2) is 29.1 Å². The number of anilines is 1. The molecular weight excluding hydrogens is 232 g/mol. The van der Waals surface area contributed by atoms with Gasteiger partial charge < -0.3 is 4.90 Å². The number of carbonyl (C=O) groups excluding carboxylic acids is 1. The fraction of sp³-hybridized carbons (Fsp3) is 0.231. The van der Waals surface area contributed by atoms with Crippen LogP contribution in [-0.4, -0.2) is 18.3 Å². The molecule has 0 unspecified atom stereocenters. The minimum Gasteiger partial charge on any atom is -0.369 e. The molecule has 0 aliphatic carbocycles. The van der Waals surface area contributed by atoms with Gasteiger partial charge in [0, 0.05) is 23.7 Å². The zero-order chi connectivity index (χ0) is 12.3. The van der Waals surface area contributed by atoms with Crippen molar-refractivity contribution in [2.75, 3.05) is 11.9 Å². The van der Waals surface area contributed by atoms with Crippen molar-refractivity contribution in [3.8, 4) is 0 Å². The minimum absolute atomic E-state index is 0.746. The van der Waals surface area contributed by atoms with Gasteiger partial charge in [-0.15, -0.1) is 11.3 Å². The smallest absolute Gasteiger partial charge is 0.150 e. The van der Waals surface area contributed by atoms with Gasteiger partial charge in [0.1, 0.15) is 6.29 Å². The number of aromatic nitrogens is 1. The molecule has 4 heteroatoms. The number of rotatable bonds is 4. The Kier molecular flexibility index (Phi) is 3.54. The third-order valence-electron chi connectivity index (χ3n) is 2.70. The summed E-state index contributed by atoms with van der Waals surface area (Å²) in [6.45, 7) is 2.73. The molecule has 0 aliphatic rings. The lowest BCUT2D eigenvalue weighted by molar-refractivity contribution is 0.112. The molecular formula is C13H14N2OS. The summed E-state index contributed by atoms with van der Waals surface area (Å²) in [5.41, 5.74) is 5.75. The van der Waals surface area contributed by atoms with E-state index in [-0.39, 0.29) is 0 Å². The maximum atomic E-state index is 10.7. The fourth-order valence-electron chi connectivity index (χ4n) is 1.68. The van der Waals surface area contributed by atoms with E-state index in [1.807, 2.05) is 43.1 Å². The fourth-order valence-corrected chi connectivity index (χ4v) is 2.23. The first kappa shape index (κ1) is 11.8. The standard InChI is InChI=1S/C13H14N2OS/c1-10-5-13(4-3-11(10)7-16)15(2)6-12-8-17-9-14-12/h3-5,7-9H,6H2,1-2H3. The van der Waals surface area contributed by atoms with Crippen LogP contribution in [-0.2, 0) is 6.54 Å². The van der Waals surface area contributed by atoms with Crippen molar-refractivity contribution in [2.45, 2.75) is 13.5 Å². The number of carbonyl (C=O) groups is 1. The van der Waals surface area contributed by atoms with Gasteiger partial charge in [0.15, 0.2) is 0 Å². The second-order valence-electron chi connectivity index (χ2n) is 3.99. The summed E-state index contributed by atoms with van der Waals surface area (Å²) in [5, 5.41) is 2.04. The van der Waals surface area contributed by atoms with Gasteiger partial charge in [-0.1, -0.05) is 0 Å². The number of nitrogens with zero attached hydrogens (tertiary/aromatic N) is 2. The first-order valence-corrected chi connectivity index (χ1v) is 6.29. The highest BCUT2D eigenvalue weighted by Gasteiger charge is 2.05. The predicted molar refractivity (Wildman–Crippen MR) is 70.8 cm³/mol. The zero-order valence-corrected chi connectivity index (χ0v) is 10.7. The molecule has 2 rings (SSSR count). The summed E-state index contributed by atoms with van der Waals surface area (Å²) in [5.74, 6) is 0. The first-order valence-electron chi connectivity index (χ1n) is 5.34. The molecule has 1 aromatic heterocycles. The summed E-state index contributed by atoms with van der Waals surface area (Å²) in [4.78, 5) is 17.1. The van der Waals surface area contributed by atoms with Gasteiger partial charge in [-0.25, -0.2) is 4.98 Å². The van der Waals surface area contributed by atoms with Gasteiger partial charge in [0.2, 0.25) is 0 Å². The molecule has 0 atom stereocenters. The summed E-state index contributed by atoms with van der Waals surface area (Å²) in [6.07, 6.45) is 0.888. The molecule has 0 radical (unpaired) electrons. The van der Waals surface area contributed by atoms with E-state index in [1.54, 1.807) is 11.3 Å². The van der Waals surface area contributed by atoms with Gasteiger partial charge in [-0.2, -0.15) is 0 Å². The molecule has 1 heterocycles. The second-order valence-corrected chi connectivity index (χ2v) is 4.71. The van der Waals surface area contributed by atoms with Crippen LogP contribution in [0, 0.1) is 6.92 Å².